The summed E-state index contributed by atoms with van der Waals surface area (Å²) in [7, 11) is 0. The lowest BCUT2D eigenvalue weighted by Gasteiger charge is -2.34. The van der Waals surface area contributed by atoms with Gasteiger partial charge in [-0.3, -0.25) is 10.1 Å². The second-order valence-electron chi connectivity index (χ2n) is 7.56. The molecular formula is C17H30N2O. The quantitative estimate of drug-likeness (QED) is 0.837. The molecule has 0 radical (unpaired) electrons. The highest BCUT2D eigenvalue weighted by Crippen LogP contribution is 2.40. The number of nitrogens with zero attached hydrogens (tertiary/aromatic N) is 1. The Morgan fingerprint density at radius 2 is 1.95 bits per heavy atom. The van der Waals surface area contributed by atoms with Gasteiger partial charge in [0.05, 0.1) is 11.7 Å². The zero-order chi connectivity index (χ0) is 14.3. The van der Waals surface area contributed by atoms with Crippen LogP contribution in [0.4, 0.5) is 0 Å². The summed E-state index contributed by atoms with van der Waals surface area (Å²) in [6, 6.07) is 0.404. The Bertz CT molecular complexity index is 373. The third kappa shape index (κ3) is 2.49. The highest BCUT2D eigenvalue weighted by Gasteiger charge is 2.51. The molecule has 3 heteroatoms. The molecule has 1 saturated heterocycles. The SMILES string of the molecule is CCC1(C)NC(C2CCCC2)N(C(C)CC2CC2)C1=O. The summed E-state index contributed by atoms with van der Waals surface area (Å²) in [5, 5.41) is 3.71. The van der Waals surface area contributed by atoms with Crippen molar-refractivity contribution < 1.29 is 4.79 Å². The molecule has 3 atom stereocenters. The summed E-state index contributed by atoms with van der Waals surface area (Å²) in [4.78, 5) is 15.2. The third-order valence-corrected chi connectivity index (χ3v) is 5.87. The van der Waals surface area contributed by atoms with E-state index < -0.39 is 0 Å². The fourth-order valence-corrected chi connectivity index (χ4v) is 4.16. The van der Waals surface area contributed by atoms with Crippen LogP contribution in [0.5, 0.6) is 0 Å². The molecule has 0 spiro atoms. The lowest BCUT2D eigenvalue weighted by Crippen LogP contribution is -2.47. The second kappa shape index (κ2) is 5.32. The van der Waals surface area contributed by atoms with Crippen molar-refractivity contribution in [1.29, 1.82) is 0 Å². The Morgan fingerprint density at radius 3 is 2.50 bits per heavy atom. The van der Waals surface area contributed by atoms with Crippen LogP contribution in [0.25, 0.3) is 0 Å². The summed E-state index contributed by atoms with van der Waals surface area (Å²) >= 11 is 0. The van der Waals surface area contributed by atoms with Crippen molar-refractivity contribution in [3.05, 3.63) is 0 Å². The largest absolute Gasteiger partial charge is 0.323 e. The van der Waals surface area contributed by atoms with Gasteiger partial charge in [0.15, 0.2) is 0 Å². The van der Waals surface area contributed by atoms with Gasteiger partial charge in [-0.2, -0.15) is 0 Å². The van der Waals surface area contributed by atoms with Gasteiger partial charge in [0.2, 0.25) is 5.91 Å². The molecule has 1 N–H and O–H groups in total. The molecule has 3 aliphatic rings. The predicted molar refractivity (Wildman–Crippen MR) is 81.2 cm³/mol. The molecule has 1 heterocycles. The fraction of sp³-hybridized carbons (Fsp3) is 0.941. The molecule has 3 rings (SSSR count). The molecule has 114 valence electrons. The molecule has 0 bridgehead atoms. The Morgan fingerprint density at radius 1 is 1.30 bits per heavy atom. The van der Waals surface area contributed by atoms with Crippen molar-refractivity contribution in [3.63, 3.8) is 0 Å². The fourth-order valence-electron chi connectivity index (χ4n) is 4.16. The zero-order valence-electron chi connectivity index (χ0n) is 13.3. The minimum absolute atomic E-state index is 0.295. The van der Waals surface area contributed by atoms with Crippen LogP contribution in [0, 0.1) is 11.8 Å². The van der Waals surface area contributed by atoms with E-state index in [9.17, 15) is 4.79 Å². The maximum absolute atomic E-state index is 12.9. The second-order valence-corrected chi connectivity index (χ2v) is 7.56. The highest BCUT2D eigenvalue weighted by atomic mass is 16.2. The molecule has 2 saturated carbocycles. The van der Waals surface area contributed by atoms with E-state index >= 15 is 0 Å². The van der Waals surface area contributed by atoms with Gasteiger partial charge in [-0.05, 0) is 51.4 Å². The first-order valence-electron chi connectivity index (χ1n) is 8.65. The van der Waals surface area contributed by atoms with Crippen molar-refractivity contribution in [2.75, 3.05) is 0 Å². The van der Waals surface area contributed by atoms with Crippen molar-refractivity contribution in [3.8, 4) is 0 Å². The van der Waals surface area contributed by atoms with Crippen molar-refractivity contribution in [2.24, 2.45) is 11.8 Å². The topological polar surface area (TPSA) is 32.3 Å². The molecule has 3 nitrogen and oxygen atoms in total. The summed E-state index contributed by atoms with van der Waals surface area (Å²) < 4.78 is 0. The Balaban J connectivity index is 1.78. The molecule has 0 aromatic rings. The van der Waals surface area contributed by atoms with Gasteiger partial charge in [0.1, 0.15) is 0 Å². The lowest BCUT2D eigenvalue weighted by molar-refractivity contribution is -0.135. The smallest absolute Gasteiger partial charge is 0.244 e. The van der Waals surface area contributed by atoms with Crippen LogP contribution in [0.3, 0.4) is 0 Å². The van der Waals surface area contributed by atoms with Crippen LogP contribution >= 0.6 is 0 Å². The Kier molecular flexibility index (Phi) is 3.83. The van der Waals surface area contributed by atoms with E-state index in [1.54, 1.807) is 0 Å². The van der Waals surface area contributed by atoms with E-state index in [0.29, 0.717) is 24.0 Å². The van der Waals surface area contributed by atoms with Crippen molar-refractivity contribution in [2.45, 2.75) is 89.9 Å². The maximum Gasteiger partial charge on any atom is 0.244 e. The van der Waals surface area contributed by atoms with Gasteiger partial charge in [0.25, 0.3) is 0 Å². The number of nitrogens with one attached hydrogen (secondary N) is 1. The van der Waals surface area contributed by atoms with Crippen LogP contribution < -0.4 is 5.32 Å². The number of hydrogen-bond donors (Lipinski definition) is 1. The standard InChI is InChI=1S/C17H30N2O/c1-4-17(3)16(20)19(12(2)11-13-9-10-13)15(18-17)14-7-5-6-8-14/h12-15,18H,4-11H2,1-3H3. The lowest BCUT2D eigenvalue weighted by atomic mass is 9.98. The van der Waals surface area contributed by atoms with Crippen molar-refractivity contribution in [1.82, 2.24) is 10.2 Å². The molecule has 0 aromatic carbocycles. The molecule has 20 heavy (non-hydrogen) atoms. The highest BCUT2D eigenvalue weighted by molar-refractivity contribution is 5.88. The number of hydrogen-bond acceptors (Lipinski definition) is 2. The minimum Gasteiger partial charge on any atom is -0.323 e. The number of carbonyl (C=O) groups is 1. The van der Waals surface area contributed by atoms with Crippen LogP contribution in [0.15, 0.2) is 0 Å². The van der Waals surface area contributed by atoms with Crippen LogP contribution in [0.2, 0.25) is 0 Å². The van der Waals surface area contributed by atoms with E-state index in [1.807, 2.05) is 0 Å². The van der Waals surface area contributed by atoms with E-state index in [0.717, 1.165) is 12.3 Å². The maximum atomic E-state index is 12.9. The van der Waals surface area contributed by atoms with Gasteiger partial charge in [-0.1, -0.05) is 32.6 Å². The van der Waals surface area contributed by atoms with Crippen LogP contribution in [-0.4, -0.2) is 28.6 Å². The summed E-state index contributed by atoms with van der Waals surface area (Å²) in [5.41, 5.74) is -0.328. The van der Waals surface area contributed by atoms with E-state index in [2.05, 4.69) is 31.0 Å². The van der Waals surface area contributed by atoms with E-state index in [-0.39, 0.29) is 5.54 Å². The molecule has 2 aliphatic carbocycles. The molecule has 3 unspecified atom stereocenters. The normalized spacial score (nSPS) is 36.9. The monoisotopic (exact) mass is 278 g/mol. The first kappa shape index (κ1) is 14.4. The molecule has 3 fully saturated rings. The number of amides is 1. The number of rotatable bonds is 5. The van der Waals surface area contributed by atoms with Gasteiger partial charge < -0.3 is 4.90 Å². The summed E-state index contributed by atoms with van der Waals surface area (Å²) in [6.45, 7) is 6.49. The average molecular weight is 278 g/mol. The molecule has 0 aromatic heterocycles. The molecule has 1 aliphatic heterocycles. The van der Waals surface area contributed by atoms with Crippen molar-refractivity contribution >= 4 is 5.91 Å². The molecular weight excluding hydrogens is 248 g/mol. The summed E-state index contributed by atoms with van der Waals surface area (Å²) in [5.74, 6) is 1.91. The van der Waals surface area contributed by atoms with Gasteiger partial charge in [0, 0.05) is 6.04 Å². The van der Waals surface area contributed by atoms with Crippen LogP contribution in [0.1, 0.15) is 72.1 Å². The van der Waals surface area contributed by atoms with E-state index in [1.165, 1.54) is 44.9 Å². The summed E-state index contributed by atoms with van der Waals surface area (Å²) in [6.07, 6.45) is 10.4. The Labute approximate surface area is 123 Å². The number of carbonyl (C=O) groups excluding carboxylic acids is 1. The van der Waals surface area contributed by atoms with Crippen LogP contribution in [-0.2, 0) is 4.79 Å². The van der Waals surface area contributed by atoms with Gasteiger partial charge in [-0.25, -0.2) is 0 Å². The average Bonchev–Trinajstić information content (AvgIpc) is 2.99. The Hall–Kier alpha value is -0.570. The van der Waals surface area contributed by atoms with Gasteiger partial charge >= 0.3 is 0 Å². The van der Waals surface area contributed by atoms with E-state index in [4.69, 9.17) is 0 Å². The first-order chi connectivity index (χ1) is 9.55. The zero-order valence-corrected chi connectivity index (χ0v) is 13.3. The minimum atomic E-state index is -0.328. The molecule has 1 amide bonds. The predicted octanol–water partition coefficient (Wildman–Crippen LogP) is 3.29. The first-order valence-corrected chi connectivity index (χ1v) is 8.65. The van der Waals surface area contributed by atoms with Gasteiger partial charge in [-0.15, -0.1) is 0 Å². The third-order valence-electron chi connectivity index (χ3n) is 5.87.